The lowest BCUT2D eigenvalue weighted by Gasteiger charge is -2.32. The Hall–Kier alpha value is -2.91. The molecular formula is C24H36N8O. The van der Waals surface area contributed by atoms with Crippen molar-refractivity contribution in [1.29, 1.82) is 0 Å². The average molecular weight is 453 g/mol. The van der Waals surface area contributed by atoms with Gasteiger partial charge >= 0.3 is 0 Å². The minimum absolute atomic E-state index is 0.259. The summed E-state index contributed by atoms with van der Waals surface area (Å²) < 4.78 is 7.73. The molecule has 0 bridgehead atoms. The number of nitrogens with two attached hydrogens (primary N) is 1. The van der Waals surface area contributed by atoms with Gasteiger partial charge in [0.2, 0.25) is 5.95 Å². The molecule has 2 aromatic heterocycles. The molecule has 9 nitrogen and oxygen atoms in total. The van der Waals surface area contributed by atoms with E-state index in [4.69, 9.17) is 15.6 Å². The number of ether oxygens (including phenoxy) is 1. The number of unbranched alkanes of at least 4 members (excludes halogenated alkanes) is 1. The second-order valence-corrected chi connectivity index (χ2v) is 8.88. The zero-order valence-electron chi connectivity index (χ0n) is 20.3. The maximum Gasteiger partial charge on any atom is 0.222 e. The van der Waals surface area contributed by atoms with Gasteiger partial charge in [-0.2, -0.15) is 10.1 Å². The number of aromatic nitrogens is 4. The van der Waals surface area contributed by atoms with Crippen molar-refractivity contribution in [2.24, 2.45) is 0 Å². The number of hydrogen-bond donors (Lipinski definition) is 2. The van der Waals surface area contributed by atoms with Gasteiger partial charge < -0.3 is 20.7 Å². The number of aryl methyl sites for hydroxylation is 1. The zero-order chi connectivity index (χ0) is 23.4. The summed E-state index contributed by atoms with van der Waals surface area (Å²) in [5.41, 5.74) is 10.8. The molecule has 1 aliphatic rings. The molecule has 4 rings (SSSR count). The van der Waals surface area contributed by atoms with Crippen molar-refractivity contribution in [1.82, 2.24) is 29.5 Å². The normalized spacial score (nSPS) is 15.3. The fourth-order valence-corrected chi connectivity index (χ4v) is 4.31. The van der Waals surface area contributed by atoms with E-state index in [1.807, 2.05) is 11.6 Å². The lowest BCUT2D eigenvalue weighted by molar-refractivity contribution is 0.148. The Labute approximate surface area is 195 Å². The molecule has 0 atom stereocenters. The first-order chi connectivity index (χ1) is 16.0. The van der Waals surface area contributed by atoms with E-state index in [2.05, 4.69) is 57.3 Å². The van der Waals surface area contributed by atoms with Crippen molar-refractivity contribution in [3.8, 4) is 5.75 Å². The predicted molar refractivity (Wildman–Crippen MR) is 133 cm³/mol. The third-order valence-corrected chi connectivity index (χ3v) is 6.27. The number of piperazine rings is 1. The molecule has 3 N–H and O–H groups in total. The lowest BCUT2D eigenvalue weighted by atomic mass is 10.1. The highest BCUT2D eigenvalue weighted by atomic mass is 16.5. The summed E-state index contributed by atoms with van der Waals surface area (Å²) in [5, 5.41) is 8.19. The highest BCUT2D eigenvalue weighted by Crippen LogP contribution is 2.28. The van der Waals surface area contributed by atoms with E-state index in [9.17, 15) is 0 Å². The number of nitrogens with zero attached hydrogens (tertiary/aromatic N) is 6. The Bertz CT molecular complexity index is 1090. The molecule has 0 unspecified atom stereocenters. The van der Waals surface area contributed by atoms with Crippen LogP contribution in [-0.4, -0.2) is 76.4 Å². The van der Waals surface area contributed by atoms with E-state index in [0.29, 0.717) is 6.54 Å². The topological polar surface area (TPSA) is 97.4 Å². The van der Waals surface area contributed by atoms with Crippen molar-refractivity contribution < 1.29 is 4.74 Å². The van der Waals surface area contributed by atoms with Crippen molar-refractivity contribution >= 4 is 22.8 Å². The van der Waals surface area contributed by atoms with Crippen molar-refractivity contribution in [2.75, 3.05) is 57.9 Å². The molecule has 1 aliphatic heterocycles. The van der Waals surface area contributed by atoms with E-state index in [0.717, 1.165) is 86.0 Å². The molecule has 9 heteroatoms. The number of fused-ring (bicyclic) bond motifs is 1. The fourth-order valence-electron chi connectivity index (χ4n) is 4.31. The predicted octanol–water partition coefficient (Wildman–Crippen LogP) is 2.73. The van der Waals surface area contributed by atoms with Crippen LogP contribution in [0.2, 0.25) is 0 Å². The van der Waals surface area contributed by atoms with Gasteiger partial charge in [0.05, 0.1) is 19.3 Å². The van der Waals surface area contributed by atoms with Gasteiger partial charge in [-0.3, -0.25) is 9.58 Å². The molecule has 0 amide bonds. The lowest BCUT2D eigenvalue weighted by Crippen LogP contribution is -2.43. The molecule has 1 aromatic carbocycles. The average Bonchev–Trinajstić information content (AvgIpc) is 3.11. The van der Waals surface area contributed by atoms with Crippen LogP contribution in [0.3, 0.4) is 0 Å². The van der Waals surface area contributed by atoms with E-state index in [1.165, 1.54) is 5.56 Å². The molecule has 0 spiro atoms. The van der Waals surface area contributed by atoms with Crippen LogP contribution in [0, 0.1) is 6.92 Å². The first-order valence-corrected chi connectivity index (χ1v) is 11.8. The summed E-state index contributed by atoms with van der Waals surface area (Å²) >= 11 is 0. The maximum absolute atomic E-state index is 5.98. The summed E-state index contributed by atoms with van der Waals surface area (Å²) in [6.45, 7) is 10.9. The molecule has 1 fully saturated rings. The number of hydrogen-bond acceptors (Lipinski definition) is 8. The molecule has 1 saturated heterocycles. The van der Waals surface area contributed by atoms with Crippen LogP contribution in [0.1, 0.15) is 36.6 Å². The standard InChI is InChI=1S/C24H36N8O/c1-5-6-9-26-23-22-21(27-24(25)28-23)17(2)29-32(22)16-19-8-7-18(14-20(19)33-4)15-31-12-10-30(3)11-13-31/h7-8,14H,5-6,9-13,15-16H2,1-4H3,(H3,25,26,27,28). The van der Waals surface area contributed by atoms with Gasteiger partial charge in [0.1, 0.15) is 16.8 Å². The SMILES string of the molecule is CCCCNc1nc(N)nc2c(C)nn(Cc3ccc(CN4CCN(C)CC4)cc3OC)c12. The highest BCUT2D eigenvalue weighted by molar-refractivity contribution is 5.88. The Morgan fingerprint density at radius 1 is 1.12 bits per heavy atom. The summed E-state index contributed by atoms with van der Waals surface area (Å²) in [5.74, 6) is 1.87. The Morgan fingerprint density at radius 2 is 1.91 bits per heavy atom. The van der Waals surface area contributed by atoms with Gasteiger partial charge in [-0.1, -0.05) is 25.5 Å². The van der Waals surface area contributed by atoms with E-state index in [-0.39, 0.29) is 5.95 Å². The summed E-state index contributed by atoms with van der Waals surface area (Å²) in [4.78, 5) is 13.8. The summed E-state index contributed by atoms with van der Waals surface area (Å²) in [7, 11) is 3.91. The van der Waals surface area contributed by atoms with Crippen LogP contribution >= 0.6 is 0 Å². The molecule has 33 heavy (non-hydrogen) atoms. The minimum Gasteiger partial charge on any atom is -0.496 e. The summed E-state index contributed by atoms with van der Waals surface area (Å²) in [6, 6.07) is 6.50. The first kappa shape index (κ1) is 23.3. The van der Waals surface area contributed by atoms with Gasteiger partial charge in [0, 0.05) is 44.8 Å². The largest absolute Gasteiger partial charge is 0.496 e. The molecule has 0 aliphatic carbocycles. The molecule has 0 saturated carbocycles. The van der Waals surface area contributed by atoms with E-state index < -0.39 is 0 Å². The van der Waals surface area contributed by atoms with E-state index in [1.54, 1.807) is 7.11 Å². The highest BCUT2D eigenvalue weighted by Gasteiger charge is 2.18. The van der Waals surface area contributed by atoms with Crippen LogP contribution in [0.25, 0.3) is 11.0 Å². The van der Waals surface area contributed by atoms with Crippen LogP contribution in [0.4, 0.5) is 11.8 Å². The van der Waals surface area contributed by atoms with Crippen LogP contribution in [-0.2, 0) is 13.1 Å². The molecular weight excluding hydrogens is 416 g/mol. The van der Waals surface area contributed by atoms with Gasteiger partial charge in [-0.05, 0) is 32.0 Å². The number of methoxy groups -OCH3 is 1. The Kier molecular flexibility index (Phi) is 7.29. The van der Waals surface area contributed by atoms with Gasteiger partial charge in [-0.15, -0.1) is 0 Å². The zero-order valence-corrected chi connectivity index (χ0v) is 20.3. The van der Waals surface area contributed by atoms with Crippen LogP contribution in [0.5, 0.6) is 5.75 Å². The van der Waals surface area contributed by atoms with Crippen LogP contribution in [0.15, 0.2) is 18.2 Å². The number of benzene rings is 1. The van der Waals surface area contributed by atoms with Crippen molar-refractivity contribution in [3.05, 3.63) is 35.0 Å². The number of rotatable bonds is 9. The number of nitrogens with one attached hydrogen (secondary N) is 1. The number of anilines is 2. The van der Waals surface area contributed by atoms with Gasteiger partial charge in [-0.25, -0.2) is 4.98 Å². The fraction of sp³-hybridized carbons (Fsp3) is 0.542. The molecule has 3 aromatic rings. The van der Waals surface area contributed by atoms with Crippen LogP contribution < -0.4 is 15.8 Å². The smallest absolute Gasteiger partial charge is 0.222 e. The molecule has 3 heterocycles. The van der Waals surface area contributed by atoms with Crippen molar-refractivity contribution in [3.63, 3.8) is 0 Å². The van der Waals surface area contributed by atoms with Gasteiger partial charge in [0.25, 0.3) is 0 Å². The first-order valence-electron chi connectivity index (χ1n) is 11.8. The van der Waals surface area contributed by atoms with E-state index >= 15 is 0 Å². The minimum atomic E-state index is 0.259. The number of nitrogen functional groups attached to an aromatic ring is 1. The molecule has 178 valence electrons. The number of likely N-dealkylation sites (N-methyl/N-ethyl adjacent to an activating group) is 1. The Balaban J connectivity index is 1.59. The third kappa shape index (κ3) is 5.36. The quantitative estimate of drug-likeness (QED) is 0.479. The molecule has 0 radical (unpaired) electrons. The second kappa shape index (κ2) is 10.4. The second-order valence-electron chi connectivity index (χ2n) is 8.88. The summed E-state index contributed by atoms with van der Waals surface area (Å²) in [6.07, 6.45) is 2.16. The van der Waals surface area contributed by atoms with Crippen molar-refractivity contribution in [2.45, 2.75) is 39.8 Å². The third-order valence-electron chi connectivity index (χ3n) is 6.27. The Morgan fingerprint density at radius 3 is 2.64 bits per heavy atom. The van der Waals surface area contributed by atoms with Gasteiger partial charge in [0.15, 0.2) is 5.82 Å². The monoisotopic (exact) mass is 452 g/mol. The maximum atomic E-state index is 5.98.